The van der Waals surface area contributed by atoms with Gasteiger partial charge in [-0.1, -0.05) is 37.3 Å². The van der Waals surface area contributed by atoms with E-state index < -0.39 is 6.04 Å². The van der Waals surface area contributed by atoms with Crippen LogP contribution in [0.3, 0.4) is 0 Å². The Hall–Kier alpha value is -2.82. The molecule has 2 amide bonds. The molecule has 3 aromatic rings. The van der Waals surface area contributed by atoms with Crippen LogP contribution < -0.4 is 5.32 Å². The first kappa shape index (κ1) is 25.3. The molecule has 1 fully saturated rings. The van der Waals surface area contributed by atoms with E-state index in [4.69, 9.17) is 4.74 Å². The van der Waals surface area contributed by atoms with Crippen molar-refractivity contribution in [2.45, 2.75) is 32.9 Å². The van der Waals surface area contributed by atoms with Crippen molar-refractivity contribution in [3.63, 3.8) is 0 Å². The molecular formula is C25H34N6O3S. The molecule has 9 nitrogen and oxygen atoms in total. The van der Waals surface area contributed by atoms with E-state index in [-0.39, 0.29) is 18.4 Å². The summed E-state index contributed by atoms with van der Waals surface area (Å²) < 4.78 is 7.08. The van der Waals surface area contributed by atoms with E-state index in [1.54, 1.807) is 9.58 Å². The Labute approximate surface area is 210 Å². The van der Waals surface area contributed by atoms with Crippen molar-refractivity contribution in [1.29, 1.82) is 0 Å². The van der Waals surface area contributed by atoms with Crippen molar-refractivity contribution in [2.75, 3.05) is 45.9 Å². The van der Waals surface area contributed by atoms with Gasteiger partial charge < -0.3 is 15.0 Å². The van der Waals surface area contributed by atoms with Crippen LogP contribution in [0.2, 0.25) is 0 Å². The number of amides is 2. The fraction of sp³-hybridized carbons (Fsp3) is 0.520. The molecule has 1 aromatic carbocycles. The Morgan fingerprint density at radius 1 is 1.17 bits per heavy atom. The number of ether oxygens (including phenoxy) is 1. The lowest BCUT2D eigenvalue weighted by Crippen LogP contribution is -2.49. The van der Waals surface area contributed by atoms with Crippen LogP contribution in [0.5, 0.6) is 0 Å². The number of fused-ring (bicyclic) bond motifs is 1. The number of morpholine rings is 1. The van der Waals surface area contributed by atoms with Crippen molar-refractivity contribution in [1.82, 2.24) is 30.1 Å². The van der Waals surface area contributed by atoms with Gasteiger partial charge in [-0.3, -0.25) is 14.5 Å². The molecular weight excluding hydrogens is 464 g/mol. The molecule has 0 aliphatic carbocycles. The maximum Gasteiger partial charge on any atom is 0.248 e. The Morgan fingerprint density at radius 3 is 2.71 bits per heavy atom. The number of hydrogen-bond acceptors (Lipinski definition) is 7. The Balaban J connectivity index is 1.58. The molecule has 2 aromatic heterocycles. The first-order chi connectivity index (χ1) is 17.0. The number of rotatable bonds is 11. The fourth-order valence-corrected chi connectivity index (χ4v) is 5.01. The predicted octanol–water partition coefficient (Wildman–Crippen LogP) is 2.56. The molecule has 35 heavy (non-hydrogen) atoms. The van der Waals surface area contributed by atoms with Crippen molar-refractivity contribution >= 4 is 34.2 Å². The number of carbonyl (C=O) groups excluding carboxylic acids is 2. The topological polar surface area (TPSA) is 92.6 Å². The van der Waals surface area contributed by atoms with Crippen LogP contribution in [-0.2, 0) is 20.9 Å². The molecule has 1 aliphatic heterocycles. The summed E-state index contributed by atoms with van der Waals surface area (Å²) in [5, 5.41) is 13.4. The third-order valence-corrected chi connectivity index (χ3v) is 7.10. The third kappa shape index (κ3) is 6.65. The number of benzene rings is 1. The van der Waals surface area contributed by atoms with Gasteiger partial charge in [0.1, 0.15) is 18.1 Å². The van der Waals surface area contributed by atoms with Crippen molar-refractivity contribution < 1.29 is 14.3 Å². The van der Waals surface area contributed by atoms with E-state index in [2.05, 4.69) is 34.4 Å². The second kappa shape index (κ2) is 12.2. The minimum atomic E-state index is -0.689. The molecule has 4 rings (SSSR count). The van der Waals surface area contributed by atoms with E-state index in [1.165, 1.54) is 11.3 Å². The maximum atomic E-state index is 13.8. The summed E-state index contributed by atoms with van der Waals surface area (Å²) in [6, 6.07) is 10.7. The summed E-state index contributed by atoms with van der Waals surface area (Å²) in [6.45, 7) is 8.97. The normalized spacial score (nSPS) is 15.4. The van der Waals surface area contributed by atoms with Crippen LogP contribution in [0.1, 0.15) is 31.2 Å². The number of carbonyl (C=O) groups is 2. The zero-order valence-electron chi connectivity index (χ0n) is 20.4. The smallest absolute Gasteiger partial charge is 0.248 e. The standard InChI is InChI=1S/C25H34N6O3S/c1-19(2)9-10-26-25(33)24(22-8-5-17-35-22)30(12-11-29-13-15-34-16-14-29)23(32)18-31-21-7-4-3-6-20(21)27-28-31/h3-8,17,19,24H,9-16,18H2,1-2H3,(H,26,33). The largest absolute Gasteiger partial charge is 0.379 e. The summed E-state index contributed by atoms with van der Waals surface area (Å²) >= 11 is 1.49. The maximum absolute atomic E-state index is 13.8. The SMILES string of the molecule is CC(C)CCNC(=O)C(c1cccs1)N(CCN1CCOCC1)C(=O)Cn1nnc2ccccc21. The molecule has 1 unspecified atom stereocenters. The van der Waals surface area contributed by atoms with E-state index >= 15 is 0 Å². The number of nitrogens with one attached hydrogen (secondary N) is 1. The molecule has 1 saturated heterocycles. The minimum absolute atomic E-state index is 0.0186. The predicted molar refractivity (Wildman–Crippen MR) is 136 cm³/mol. The molecule has 0 spiro atoms. The Morgan fingerprint density at radius 2 is 1.97 bits per heavy atom. The molecule has 1 N–H and O–H groups in total. The molecule has 188 valence electrons. The van der Waals surface area contributed by atoms with Crippen molar-refractivity contribution in [2.24, 2.45) is 5.92 Å². The monoisotopic (exact) mass is 498 g/mol. The second-order valence-corrected chi connectivity index (χ2v) is 10.1. The first-order valence-corrected chi connectivity index (χ1v) is 13.1. The lowest BCUT2D eigenvalue weighted by molar-refractivity contribution is -0.141. The molecule has 10 heteroatoms. The lowest BCUT2D eigenvalue weighted by atomic mass is 10.1. The van der Waals surface area contributed by atoms with E-state index in [9.17, 15) is 9.59 Å². The van der Waals surface area contributed by atoms with E-state index in [0.29, 0.717) is 38.8 Å². The van der Waals surface area contributed by atoms with Crippen LogP contribution in [0.4, 0.5) is 0 Å². The number of nitrogens with zero attached hydrogens (tertiary/aromatic N) is 5. The van der Waals surface area contributed by atoms with Crippen molar-refractivity contribution in [3.05, 3.63) is 46.7 Å². The highest BCUT2D eigenvalue weighted by Gasteiger charge is 2.33. The molecule has 0 saturated carbocycles. The number of hydrogen-bond donors (Lipinski definition) is 1. The van der Waals surface area contributed by atoms with Crippen LogP contribution in [-0.4, -0.2) is 82.5 Å². The fourth-order valence-electron chi connectivity index (χ4n) is 4.18. The van der Waals surface area contributed by atoms with Crippen LogP contribution in [0, 0.1) is 5.92 Å². The van der Waals surface area contributed by atoms with Gasteiger partial charge in [0.15, 0.2) is 0 Å². The number of aromatic nitrogens is 3. The summed E-state index contributed by atoms with van der Waals surface area (Å²) in [5.41, 5.74) is 1.53. The highest BCUT2D eigenvalue weighted by atomic mass is 32.1. The summed E-state index contributed by atoms with van der Waals surface area (Å²) in [5.74, 6) is 0.174. The first-order valence-electron chi connectivity index (χ1n) is 12.2. The van der Waals surface area contributed by atoms with E-state index in [1.807, 2.05) is 41.8 Å². The minimum Gasteiger partial charge on any atom is -0.379 e. The average molecular weight is 499 g/mol. The van der Waals surface area contributed by atoms with Gasteiger partial charge in [-0.05, 0) is 35.9 Å². The third-order valence-electron chi connectivity index (χ3n) is 6.18. The van der Waals surface area contributed by atoms with Crippen LogP contribution >= 0.6 is 11.3 Å². The Bertz CT molecular complexity index is 1090. The summed E-state index contributed by atoms with van der Waals surface area (Å²) in [7, 11) is 0. The zero-order chi connectivity index (χ0) is 24.6. The van der Waals surface area contributed by atoms with Crippen LogP contribution in [0.25, 0.3) is 11.0 Å². The van der Waals surface area contributed by atoms with Gasteiger partial charge in [0.05, 0.1) is 18.7 Å². The van der Waals surface area contributed by atoms with Gasteiger partial charge in [0.2, 0.25) is 11.8 Å². The van der Waals surface area contributed by atoms with Crippen LogP contribution in [0.15, 0.2) is 41.8 Å². The molecule has 3 heterocycles. The van der Waals surface area contributed by atoms with Crippen molar-refractivity contribution in [3.8, 4) is 0 Å². The Kier molecular flexibility index (Phi) is 8.84. The quantitative estimate of drug-likeness (QED) is 0.437. The van der Waals surface area contributed by atoms with Gasteiger partial charge >= 0.3 is 0 Å². The van der Waals surface area contributed by atoms with Gasteiger partial charge in [-0.15, -0.1) is 16.4 Å². The van der Waals surface area contributed by atoms with Gasteiger partial charge in [-0.25, -0.2) is 4.68 Å². The molecule has 1 aliphatic rings. The summed E-state index contributed by atoms with van der Waals surface area (Å²) in [6.07, 6.45) is 0.884. The van der Waals surface area contributed by atoms with Gasteiger partial charge in [0, 0.05) is 37.6 Å². The second-order valence-electron chi connectivity index (χ2n) is 9.17. The zero-order valence-corrected chi connectivity index (χ0v) is 21.2. The average Bonchev–Trinajstić information content (AvgIpc) is 3.52. The highest BCUT2D eigenvalue weighted by molar-refractivity contribution is 7.10. The van der Waals surface area contributed by atoms with Gasteiger partial charge in [0.25, 0.3) is 0 Å². The summed E-state index contributed by atoms with van der Waals surface area (Å²) in [4.78, 5) is 32.1. The van der Waals surface area contributed by atoms with E-state index in [0.717, 1.165) is 35.4 Å². The van der Waals surface area contributed by atoms with Gasteiger partial charge in [-0.2, -0.15) is 0 Å². The highest BCUT2D eigenvalue weighted by Crippen LogP contribution is 2.26. The molecule has 0 radical (unpaired) electrons. The number of para-hydroxylation sites is 1. The number of thiophene rings is 1. The molecule has 0 bridgehead atoms. The lowest BCUT2D eigenvalue weighted by Gasteiger charge is -2.34. The molecule has 1 atom stereocenters.